The minimum Gasteiger partial charge on any atom is -0.466 e. The molecule has 0 aromatic heterocycles. The zero-order chi connectivity index (χ0) is 23.2. The lowest BCUT2D eigenvalue weighted by atomic mass is 9.61. The van der Waals surface area contributed by atoms with Gasteiger partial charge in [0.05, 0.1) is 18.2 Å². The second kappa shape index (κ2) is 8.11. The van der Waals surface area contributed by atoms with Crippen molar-refractivity contribution >= 4 is 35.0 Å². The topological polar surface area (TPSA) is 80.1 Å². The van der Waals surface area contributed by atoms with Crippen LogP contribution in [-0.4, -0.2) is 30.4 Å². The smallest absolute Gasteiger partial charge is 0.331 e. The molecule has 1 fully saturated rings. The number of nitrogens with zero attached hydrogens (tertiary/aromatic N) is 2. The van der Waals surface area contributed by atoms with E-state index in [-0.39, 0.29) is 16.7 Å². The molecule has 166 valence electrons. The van der Waals surface area contributed by atoms with Gasteiger partial charge >= 0.3 is 5.97 Å². The Morgan fingerprint density at radius 1 is 0.912 bits per heavy atom. The van der Waals surface area contributed by atoms with Crippen molar-refractivity contribution in [2.24, 2.45) is 10.2 Å². The van der Waals surface area contributed by atoms with Gasteiger partial charge in [0.1, 0.15) is 0 Å². The summed E-state index contributed by atoms with van der Waals surface area (Å²) < 4.78 is 4.57. The van der Waals surface area contributed by atoms with Crippen LogP contribution in [0.15, 0.2) is 87.9 Å². The maximum atomic E-state index is 12.0. The minimum atomic E-state index is -0.589. The van der Waals surface area contributed by atoms with Crippen LogP contribution in [0.25, 0.3) is 0 Å². The highest BCUT2D eigenvalue weighted by Gasteiger charge is 2.40. The van der Waals surface area contributed by atoms with Gasteiger partial charge in [-0.05, 0) is 56.8 Å². The molecule has 7 heteroatoms. The molecular weight excluding hydrogens is 446 g/mol. The fraction of sp³-hybridized carbons (Fsp3) is 0.111. The van der Waals surface area contributed by atoms with Crippen LogP contribution in [0.3, 0.4) is 0 Å². The summed E-state index contributed by atoms with van der Waals surface area (Å²) in [7, 11) is 1.26. The Bertz CT molecular complexity index is 1410. The third kappa shape index (κ3) is 3.28. The number of methoxy groups -OCH3 is 1. The highest BCUT2D eigenvalue weighted by molar-refractivity contribution is 8.18. The first kappa shape index (κ1) is 20.6. The van der Waals surface area contributed by atoms with Crippen LogP contribution >= 0.6 is 11.8 Å². The molecule has 4 aliphatic rings. The molecule has 6 nitrogen and oxygen atoms in total. The first-order valence-corrected chi connectivity index (χ1v) is 11.7. The van der Waals surface area contributed by atoms with Crippen molar-refractivity contribution < 1.29 is 14.3 Å². The summed E-state index contributed by atoms with van der Waals surface area (Å²) in [6, 6.07) is 23.8. The van der Waals surface area contributed by atoms with Crippen molar-refractivity contribution in [3.05, 3.63) is 117 Å². The Hall–Kier alpha value is -3.97. The van der Waals surface area contributed by atoms with Crippen LogP contribution < -0.4 is 5.32 Å². The highest BCUT2D eigenvalue weighted by atomic mass is 32.2. The van der Waals surface area contributed by atoms with Crippen LogP contribution in [0.1, 0.15) is 50.8 Å². The first-order valence-electron chi connectivity index (χ1n) is 10.9. The van der Waals surface area contributed by atoms with Crippen LogP contribution in [0.4, 0.5) is 0 Å². The molecule has 3 aromatic rings. The lowest BCUT2D eigenvalue weighted by Crippen LogP contribution is -2.27. The zero-order valence-electron chi connectivity index (χ0n) is 18.2. The van der Waals surface area contributed by atoms with Crippen LogP contribution in [0, 0.1) is 0 Å². The maximum absolute atomic E-state index is 12.0. The standard InChI is InChI=1S/C27H19N3O3S/c1-33-23(31)13-22-26(32)29-27(34-22)30-28-14-15-10-11-20-21(12-15)25-18-8-4-2-6-16(18)24(20)17-7-3-5-9-19(17)25/h2-14,24-25H,1H3,(H,29,30,32)/b22-13+,28-14?. The van der Waals surface area contributed by atoms with Gasteiger partial charge in [-0.3, -0.25) is 10.1 Å². The highest BCUT2D eigenvalue weighted by Crippen LogP contribution is 2.55. The maximum Gasteiger partial charge on any atom is 0.331 e. The summed E-state index contributed by atoms with van der Waals surface area (Å²) in [6.07, 6.45) is 2.82. The summed E-state index contributed by atoms with van der Waals surface area (Å²) in [4.78, 5) is 23.6. The molecule has 0 spiro atoms. The van der Waals surface area contributed by atoms with Gasteiger partial charge in [-0.1, -0.05) is 60.7 Å². The third-order valence-electron chi connectivity index (χ3n) is 6.43. The number of carbonyl (C=O) groups excluding carboxylic acids is 2. The average molecular weight is 466 g/mol. The summed E-state index contributed by atoms with van der Waals surface area (Å²) in [6.45, 7) is 0. The van der Waals surface area contributed by atoms with Gasteiger partial charge < -0.3 is 4.74 Å². The van der Waals surface area contributed by atoms with Crippen molar-refractivity contribution in [1.82, 2.24) is 5.32 Å². The number of amides is 1. The van der Waals surface area contributed by atoms with E-state index in [4.69, 9.17) is 0 Å². The fourth-order valence-electron chi connectivity index (χ4n) is 5.05. The molecule has 7 rings (SSSR count). The first-order chi connectivity index (χ1) is 16.6. The monoisotopic (exact) mass is 465 g/mol. The molecule has 1 aliphatic heterocycles. The molecular formula is C27H19N3O3S. The molecule has 34 heavy (non-hydrogen) atoms. The van der Waals surface area contributed by atoms with E-state index in [0.717, 1.165) is 23.4 Å². The molecule has 0 unspecified atom stereocenters. The van der Waals surface area contributed by atoms with Crippen molar-refractivity contribution in [2.45, 2.75) is 11.8 Å². The summed E-state index contributed by atoms with van der Waals surface area (Å²) in [5.74, 6) is -0.549. The van der Waals surface area contributed by atoms with E-state index in [2.05, 4.69) is 87.0 Å². The largest absolute Gasteiger partial charge is 0.466 e. The van der Waals surface area contributed by atoms with Gasteiger partial charge in [0, 0.05) is 17.9 Å². The normalized spacial score (nSPS) is 22.0. The molecule has 2 bridgehead atoms. The van der Waals surface area contributed by atoms with Gasteiger partial charge in [0.25, 0.3) is 5.91 Å². The lowest BCUT2D eigenvalue weighted by Gasteiger charge is -2.42. The molecule has 3 aromatic carbocycles. The number of amidine groups is 1. The SMILES string of the molecule is COC(=O)/C=C1/S/C(=N\N=Cc2ccc3c(c2)C2c4ccccc4C3c3ccccc32)NC1=O. The number of thioether (sulfide) groups is 1. The molecule has 1 saturated heterocycles. The second-order valence-corrected chi connectivity index (χ2v) is 9.28. The van der Waals surface area contributed by atoms with Crippen LogP contribution in [0.2, 0.25) is 0 Å². The van der Waals surface area contributed by atoms with Gasteiger partial charge in [0.15, 0.2) is 5.17 Å². The Labute approximate surface area is 200 Å². The molecule has 0 saturated carbocycles. The van der Waals surface area contributed by atoms with E-state index in [9.17, 15) is 9.59 Å². The lowest BCUT2D eigenvalue weighted by molar-refractivity contribution is -0.135. The van der Waals surface area contributed by atoms with Gasteiger partial charge in [-0.2, -0.15) is 5.10 Å². The Morgan fingerprint density at radius 3 is 2.12 bits per heavy atom. The minimum absolute atomic E-state index is 0.197. The predicted octanol–water partition coefficient (Wildman–Crippen LogP) is 4.28. The van der Waals surface area contributed by atoms with E-state index in [1.54, 1.807) is 6.21 Å². The molecule has 1 amide bonds. The number of carbonyl (C=O) groups is 2. The van der Waals surface area contributed by atoms with Crippen molar-refractivity contribution in [1.29, 1.82) is 0 Å². The van der Waals surface area contributed by atoms with E-state index < -0.39 is 11.9 Å². The number of ether oxygens (including phenoxy) is 1. The van der Waals surface area contributed by atoms with Crippen LogP contribution in [0.5, 0.6) is 0 Å². The number of hydrogen-bond donors (Lipinski definition) is 1. The van der Waals surface area contributed by atoms with E-state index in [1.807, 2.05) is 0 Å². The molecule has 1 N–H and O–H groups in total. The van der Waals surface area contributed by atoms with Gasteiger partial charge in [0.2, 0.25) is 0 Å². The van der Waals surface area contributed by atoms with E-state index in [0.29, 0.717) is 5.17 Å². The Balaban J connectivity index is 1.31. The average Bonchev–Trinajstić information content (AvgIpc) is 3.22. The number of hydrogen-bond acceptors (Lipinski definition) is 6. The van der Waals surface area contributed by atoms with Crippen molar-refractivity contribution in [3.63, 3.8) is 0 Å². The fourth-order valence-corrected chi connectivity index (χ4v) is 5.79. The quantitative estimate of drug-likeness (QED) is 0.187. The number of rotatable bonds is 3. The summed E-state index contributed by atoms with van der Waals surface area (Å²) in [5, 5.41) is 11.2. The van der Waals surface area contributed by atoms with Crippen molar-refractivity contribution in [3.8, 4) is 0 Å². The second-order valence-electron chi connectivity index (χ2n) is 8.25. The number of nitrogens with one attached hydrogen (secondary N) is 1. The van der Waals surface area contributed by atoms with Crippen LogP contribution in [-0.2, 0) is 14.3 Å². The molecule has 3 aliphatic carbocycles. The zero-order valence-corrected chi connectivity index (χ0v) is 19.0. The summed E-state index contributed by atoms with van der Waals surface area (Å²) >= 11 is 1.05. The van der Waals surface area contributed by atoms with Gasteiger partial charge in [-0.15, -0.1) is 5.10 Å². The number of benzene rings is 3. The molecule has 0 radical (unpaired) electrons. The summed E-state index contributed by atoms with van der Waals surface area (Å²) in [5.41, 5.74) is 9.07. The van der Waals surface area contributed by atoms with E-state index >= 15 is 0 Å². The Kier molecular flexibility index (Phi) is 4.92. The predicted molar refractivity (Wildman–Crippen MR) is 132 cm³/mol. The van der Waals surface area contributed by atoms with Crippen molar-refractivity contribution in [2.75, 3.05) is 7.11 Å². The van der Waals surface area contributed by atoms with E-state index in [1.165, 1.54) is 40.5 Å². The molecule has 0 atom stereocenters. The Morgan fingerprint density at radius 2 is 1.50 bits per heavy atom. The number of esters is 1. The third-order valence-corrected chi connectivity index (χ3v) is 7.33. The van der Waals surface area contributed by atoms with Gasteiger partial charge in [-0.25, -0.2) is 4.79 Å². The molecule has 1 heterocycles.